The standard InChI is InChI=1S/C18H20O3/c1-4-16(15-10-6-5-7-11-15)20-18(19)21-17-12-8-9-13(2)14(17)3/h5-12,16H,4H2,1-3H3. The molecule has 110 valence electrons. The summed E-state index contributed by atoms with van der Waals surface area (Å²) >= 11 is 0. The molecule has 0 amide bonds. The zero-order valence-corrected chi connectivity index (χ0v) is 12.6. The van der Waals surface area contributed by atoms with Crippen LogP contribution in [0.1, 0.15) is 36.1 Å². The first-order chi connectivity index (χ1) is 10.1. The number of carbonyl (C=O) groups excluding carboxylic acids is 1. The number of aryl methyl sites for hydroxylation is 1. The van der Waals surface area contributed by atoms with Crippen LogP contribution in [0.3, 0.4) is 0 Å². The molecule has 0 aliphatic heterocycles. The van der Waals surface area contributed by atoms with Gasteiger partial charge in [-0.3, -0.25) is 0 Å². The van der Waals surface area contributed by atoms with Crippen LogP contribution in [0.4, 0.5) is 4.79 Å². The lowest BCUT2D eigenvalue weighted by Gasteiger charge is -2.17. The van der Waals surface area contributed by atoms with Crippen molar-refractivity contribution in [2.75, 3.05) is 0 Å². The summed E-state index contributed by atoms with van der Waals surface area (Å²) in [4.78, 5) is 12.0. The van der Waals surface area contributed by atoms with Gasteiger partial charge in [-0.15, -0.1) is 0 Å². The summed E-state index contributed by atoms with van der Waals surface area (Å²) in [6.45, 7) is 5.88. The van der Waals surface area contributed by atoms with Crippen LogP contribution in [0.15, 0.2) is 48.5 Å². The lowest BCUT2D eigenvalue weighted by molar-refractivity contribution is 0.0559. The first-order valence-corrected chi connectivity index (χ1v) is 7.11. The zero-order chi connectivity index (χ0) is 15.2. The maximum absolute atomic E-state index is 12.0. The Morgan fingerprint density at radius 1 is 1.05 bits per heavy atom. The number of rotatable bonds is 4. The molecular formula is C18H20O3. The second-order valence-corrected chi connectivity index (χ2v) is 4.98. The second kappa shape index (κ2) is 6.93. The molecule has 0 radical (unpaired) electrons. The summed E-state index contributed by atoms with van der Waals surface area (Å²) < 4.78 is 10.7. The van der Waals surface area contributed by atoms with Crippen LogP contribution in [0, 0.1) is 13.8 Å². The summed E-state index contributed by atoms with van der Waals surface area (Å²) in [7, 11) is 0. The number of carbonyl (C=O) groups is 1. The van der Waals surface area contributed by atoms with Crippen molar-refractivity contribution in [3.63, 3.8) is 0 Å². The number of benzene rings is 2. The Labute approximate surface area is 125 Å². The molecule has 0 bridgehead atoms. The highest BCUT2D eigenvalue weighted by Crippen LogP contribution is 2.24. The monoisotopic (exact) mass is 284 g/mol. The van der Waals surface area contributed by atoms with Gasteiger partial charge >= 0.3 is 6.16 Å². The van der Waals surface area contributed by atoms with Crippen molar-refractivity contribution in [1.29, 1.82) is 0 Å². The van der Waals surface area contributed by atoms with Gasteiger partial charge < -0.3 is 9.47 Å². The average Bonchev–Trinajstić information content (AvgIpc) is 2.50. The van der Waals surface area contributed by atoms with Crippen molar-refractivity contribution < 1.29 is 14.3 Å². The van der Waals surface area contributed by atoms with E-state index in [1.807, 2.05) is 63.2 Å². The Morgan fingerprint density at radius 2 is 1.76 bits per heavy atom. The van der Waals surface area contributed by atoms with E-state index in [-0.39, 0.29) is 6.10 Å². The van der Waals surface area contributed by atoms with Gasteiger partial charge in [-0.2, -0.15) is 0 Å². The van der Waals surface area contributed by atoms with E-state index in [4.69, 9.17) is 9.47 Å². The summed E-state index contributed by atoms with van der Waals surface area (Å²) in [6.07, 6.45) is -0.255. The van der Waals surface area contributed by atoms with Crippen molar-refractivity contribution >= 4 is 6.16 Å². The average molecular weight is 284 g/mol. The van der Waals surface area contributed by atoms with Gasteiger partial charge in [0.1, 0.15) is 11.9 Å². The molecular weight excluding hydrogens is 264 g/mol. The fourth-order valence-corrected chi connectivity index (χ4v) is 2.12. The molecule has 0 spiro atoms. The summed E-state index contributed by atoms with van der Waals surface area (Å²) in [5.74, 6) is 0.544. The van der Waals surface area contributed by atoms with Gasteiger partial charge in [-0.25, -0.2) is 4.79 Å². The van der Waals surface area contributed by atoms with Crippen molar-refractivity contribution in [3.05, 3.63) is 65.2 Å². The van der Waals surface area contributed by atoms with Crippen LogP contribution in [0.2, 0.25) is 0 Å². The third kappa shape index (κ3) is 3.85. The SMILES string of the molecule is CCC(OC(=O)Oc1cccc(C)c1C)c1ccccc1. The van der Waals surface area contributed by atoms with Crippen molar-refractivity contribution in [3.8, 4) is 5.75 Å². The summed E-state index contributed by atoms with van der Waals surface area (Å²) in [5.41, 5.74) is 3.00. The third-order valence-corrected chi connectivity index (χ3v) is 3.53. The van der Waals surface area contributed by atoms with Crippen LogP contribution < -0.4 is 4.74 Å². The van der Waals surface area contributed by atoms with E-state index in [1.54, 1.807) is 6.07 Å². The maximum Gasteiger partial charge on any atom is 0.514 e. The molecule has 2 aromatic rings. The highest BCUT2D eigenvalue weighted by molar-refractivity contribution is 5.65. The van der Waals surface area contributed by atoms with Gasteiger partial charge in [0.25, 0.3) is 0 Å². The van der Waals surface area contributed by atoms with Gasteiger partial charge in [0, 0.05) is 0 Å². The summed E-state index contributed by atoms with van der Waals surface area (Å²) in [6, 6.07) is 15.3. The van der Waals surface area contributed by atoms with E-state index in [2.05, 4.69) is 0 Å². The number of hydrogen-bond acceptors (Lipinski definition) is 3. The van der Waals surface area contributed by atoms with Gasteiger partial charge in [0.05, 0.1) is 0 Å². The molecule has 3 heteroatoms. The highest BCUT2D eigenvalue weighted by atomic mass is 16.7. The minimum Gasteiger partial charge on any atom is -0.426 e. The van der Waals surface area contributed by atoms with Gasteiger partial charge in [-0.1, -0.05) is 49.4 Å². The first-order valence-electron chi connectivity index (χ1n) is 7.11. The van der Waals surface area contributed by atoms with E-state index < -0.39 is 6.16 Å². The van der Waals surface area contributed by atoms with Gasteiger partial charge in [0.2, 0.25) is 0 Å². The van der Waals surface area contributed by atoms with E-state index in [0.29, 0.717) is 12.2 Å². The third-order valence-electron chi connectivity index (χ3n) is 3.53. The number of ether oxygens (including phenoxy) is 2. The topological polar surface area (TPSA) is 35.5 Å². The molecule has 0 saturated heterocycles. The van der Waals surface area contributed by atoms with E-state index in [9.17, 15) is 4.79 Å². The maximum atomic E-state index is 12.0. The van der Waals surface area contributed by atoms with Gasteiger partial charge in [0.15, 0.2) is 0 Å². The molecule has 0 aliphatic rings. The van der Waals surface area contributed by atoms with Crippen LogP contribution in [-0.4, -0.2) is 6.16 Å². The molecule has 1 atom stereocenters. The molecule has 3 nitrogen and oxygen atoms in total. The molecule has 0 heterocycles. The van der Waals surface area contributed by atoms with Crippen molar-refractivity contribution in [2.45, 2.75) is 33.3 Å². The largest absolute Gasteiger partial charge is 0.514 e. The Kier molecular flexibility index (Phi) is 4.99. The Morgan fingerprint density at radius 3 is 2.43 bits per heavy atom. The minimum absolute atomic E-state index is 0.288. The van der Waals surface area contributed by atoms with Gasteiger partial charge in [-0.05, 0) is 43.0 Å². The van der Waals surface area contributed by atoms with Crippen molar-refractivity contribution in [1.82, 2.24) is 0 Å². The van der Waals surface area contributed by atoms with E-state index in [0.717, 1.165) is 16.7 Å². The zero-order valence-electron chi connectivity index (χ0n) is 12.6. The predicted molar refractivity (Wildman–Crippen MR) is 82.5 cm³/mol. The molecule has 1 unspecified atom stereocenters. The van der Waals surface area contributed by atoms with E-state index in [1.165, 1.54) is 0 Å². The van der Waals surface area contributed by atoms with Crippen molar-refractivity contribution in [2.24, 2.45) is 0 Å². The molecule has 0 fully saturated rings. The Hall–Kier alpha value is -2.29. The normalized spacial score (nSPS) is 11.8. The molecule has 21 heavy (non-hydrogen) atoms. The Balaban J connectivity index is 2.05. The lowest BCUT2D eigenvalue weighted by Crippen LogP contribution is -2.15. The second-order valence-electron chi connectivity index (χ2n) is 4.98. The smallest absolute Gasteiger partial charge is 0.426 e. The molecule has 0 aliphatic carbocycles. The van der Waals surface area contributed by atoms with Crippen LogP contribution in [0.5, 0.6) is 5.75 Å². The summed E-state index contributed by atoms with van der Waals surface area (Å²) in [5, 5.41) is 0. The van der Waals surface area contributed by atoms with Crippen LogP contribution >= 0.6 is 0 Å². The first kappa shape index (κ1) is 15.1. The predicted octanol–water partition coefficient (Wildman–Crippen LogP) is 4.97. The lowest BCUT2D eigenvalue weighted by atomic mass is 10.1. The van der Waals surface area contributed by atoms with Crippen LogP contribution in [0.25, 0.3) is 0 Å². The highest BCUT2D eigenvalue weighted by Gasteiger charge is 2.17. The molecule has 0 aromatic heterocycles. The Bertz CT molecular complexity index is 605. The fraction of sp³-hybridized carbons (Fsp3) is 0.278. The molecule has 2 rings (SSSR count). The van der Waals surface area contributed by atoms with Crippen LogP contribution in [-0.2, 0) is 4.74 Å². The number of hydrogen-bond donors (Lipinski definition) is 0. The quantitative estimate of drug-likeness (QED) is 0.587. The minimum atomic E-state index is -0.667. The molecule has 2 aromatic carbocycles. The molecule has 0 saturated carbocycles. The van der Waals surface area contributed by atoms with E-state index >= 15 is 0 Å². The molecule has 0 N–H and O–H groups in total. The fourth-order valence-electron chi connectivity index (χ4n) is 2.12.